The molecule has 38 heavy (non-hydrogen) atoms. The lowest BCUT2D eigenvalue weighted by Gasteiger charge is -2.16. The topological polar surface area (TPSA) is 130 Å². The zero-order chi connectivity index (χ0) is 27.1. The average molecular weight is 521 g/mol. The van der Waals surface area contributed by atoms with E-state index < -0.39 is 5.60 Å². The molecule has 0 spiro atoms. The third-order valence-corrected chi connectivity index (χ3v) is 6.73. The summed E-state index contributed by atoms with van der Waals surface area (Å²) in [5.74, 6) is 1.85. The van der Waals surface area contributed by atoms with E-state index in [2.05, 4.69) is 56.4 Å². The number of rotatable bonds is 11. The summed E-state index contributed by atoms with van der Waals surface area (Å²) in [6.07, 6.45) is 3.89. The van der Waals surface area contributed by atoms with Crippen LogP contribution in [0.4, 0.5) is 11.8 Å². The minimum Gasteiger partial charge on any atom is -0.496 e. The standard InChI is InChI=1S/C27H34N6O2.C2H6O/c1-3-4-13-30-25-24-23(31-26(28)32-25)20-7-5-6-8-21(20)33(24)16-19-14-18(9-10-22(19)35-2)15-29-17-27(34)11-12-27;1-2-3/h5-10,14,29,34H,3-4,11-13,15-17H2,1-2H3,(H3,28,30,31,32);3H,2H2,1H3. The number of nitrogens with zero attached hydrogens (tertiary/aromatic N) is 3. The van der Waals surface area contributed by atoms with Gasteiger partial charge in [-0.1, -0.05) is 37.6 Å². The molecule has 0 bridgehead atoms. The molecule has 2 heterocycles. The van der Waals surface area contributed by atoms with Crippen molar-refractivity contribution in [2.75, 3.05) is 37.9 Å². The van der Waals surface area contributed by atoms with Crippen molar-refractivity contribution in [2.45, 2.75) is 58.2 Å². The molecule has 4 aromatic rings. The number of methoxy groups -OCH3 is 1. The van der Waals surface area contributed by atoms with Crippen LogP contribution in [0.25, 0.3) is 21.9 Å². The summed E-state index contributed by atoms with van der Waals surface area (Å²) in [4.78, 5) is 9.20. The van der Waals surface area contributed by atoms with Gasteiger partial charge in [0, 0.05) is 37.2 Å². The number of benzene rings is 2. The van der Waals surface area contributed by atoms with Crippen molar-refractivity contribution in [3.63, 3.8) is 0 Å². The SMILES string of the molecule is CCCCNc1nc(N)nc2c3ccccc3n(Cc3cc(CNCC4(O)CC4)ccc3OC)c12.CCO. The fraction of sp³-hybridized carbons (Fsp3) is 0.448. The number of nitrogen functional groups attached to an aromatic ring is 1. The Labute approximate surface area is 224 Å². The van der Waals surface area contributed by atoms with Crippen LogP contribution in [-0.4, -0.2) is 57.2 Å². The van der Waals surface area contributed by atoms with Gasteiger partial charge in [-0.25, -0.2) is 4.98 Å². The number of nitrogens with two attached hydrogens (primary N) is 1. The van der Waals surface area contributed by atoms with Gasteiger partial charge >= 0.3 is 0 Å². The minimum atomic E-state index is -0.513. The van der Waals surface area contributed by atoms with Crippen LogP contribution in [0.5, 0.6) is 5.75 Å². The summed E-state index contributed by atoms with van der Waals surface area (Å²) in [7, 11) is 1.70. The lowest BCUT2D eigenvalue weighted by Crippen LogP contribution is -2.27. The molecule has 0 amide bonds. The van der Waals surface area contributed by atoms with Crippen molar-refractivity contribution >= 4 is 33.7 Å². The van der Waals surface area contributed by atoms with Gasteiger partial charge in [-0.05, 0) is 49.9 Å². The Balaban J connectivity index is 0.00000107. The first kappa shape index (κ1) is 27.6. The van der Waals surface area contributed by atoms with E-state index in [0.717, 1.165) is 76.9 Å². The fourth-order valence-electron chi connectivity index (χ4n) is 4.61. The highest BCUT2D eigenvalue weighted by molar-refractivity contribution is 6.09. The number of aliphatic hydroxyl groups is 2. The Bertz CT molecular complexity index is 1370. The molecule has 0 unspecified atom stereocenters. The van der Waals surface area contributed by atoms with Crippen LogP contribution < -0.4 is 21.1 Å². The van der Waals surface area contributed by atoms with Crippen molar-refractivity contribution in [3.05, 3.63) is 53.6 Å². The highest BCUT2D eigenvalue weighted by Crippen LogP contribution is 2.35. The third-order valence-electron chi connectivity index (χ3n) is 6.73. The Morgan fingerprint density at radius 2 is 1.89 bits per heavy atom. The summed E-state index contributed by atoms with van der Waals surface area (Å²) in [6, 6.07) is 14.5. The summed E-state index contributed by atoms with van der Waals surface area (Å²) in [5.41, 5.74) is 10.7. The number of hydrogen-bond donors (Lipinski definition) is 5. The number of ether oxygens (including phenoxy) is 1. The predicted octanol–water partition coefficient (Wildman–Crippen LogP) is 4.05. The first-order chi connectivity index (χ1) is 18.4. The molecular weight excluding hydrogens is 480 g/mol. The quantitative estimate of drug-likeness (QED) is 0.187. The molecule has 5 rings (SSSR count). The zero-order valence-corrected chi connectivity index (χ0v) is 22.6. The minimum absolute atomic E-state index is 0.250. The normalized spacial score (nSPS) is 13.8. The van der Waals surface area contributed by atoms with Crippen molar-refractivity contribution in [2.24, 2.45) is 0 Å². The molecule has 0 saturated heterocycles. The molecule has 2 aromatic heterocycles. The van der Waals surface area contributed by atoms with Gasteiger partial charge in [-0.2, -0.15) is 4.98 Å². The van der Waals surface area contributed by atoms with E-state index in [4.69, 9.17) is 15.6 Å². The van der Waals surface area contributed by atoms with Gasteiger partial charge < -0.3 is 35.9 Å². The predicted molar refractivity (Wildman–Crippen MR) is 154 cm³/mol. The van der Waals surface area contributed by atoms with E-state index in [0.29, 0.717) is 19.6 Å². The molecule has 1 aliphatic rings. The van der Waals surface area contributed by atoms with Crippen molar-refractivity contribution in [1.29, 1.82) is 0 Å². The molecule has 1 saturated carbocycles. The molecule has 1 aliphatic carbocycles. The number of nitrogens with one attached hydrogen (secondary N) is 2. The molecule has 0 aliphatic heterocycles. The maximum absolute atomic E-state index is 10.1. The molecule has 1 fully saturated rings. The second-order valence-corrected chi connectivity index (χ2v) is 9.80. The second kappa shape index (κ2) is 12.4. The van der Waals surface area contributed by atoms with E-state index in [9.17, 15) is 5.11 Å². The van der Waals surface area contributed by atoms with Crippen LogP contribution >= 0.6 is 0 Å². The van der Waals surface area contributed by atoms with Crippen LogP contribution in [-0.2, 0) is 13.1 Å². The zero-order valence-electron chi connectivity index (χ0n) is 22.6. The van der Waals surface area contributed by atoms with Gasteiger partial charge in [0.05, 0.1) is 24.8 Å². The van der Waals surface area contributed by atoms with Crippen molar-refractivity contribution in [3.8, 4) is 5.75 Å². The van der Waals surface area contributed by atoms with E-state index in [1.54, 1.807) is 14.0 Å². The van der Waals surface area contributed by atoms with Gasteiger partial charge in [0.2, 0.25) is 5.95 Å². The third kappa shape index (κ3) is 6.35. The lowest BCUT2D eigenvalue weighted by atomic mass is 10.1. The number of fused-ring (bicyclic) bond motifs is 3. The Morgan fingerprint density at radius 1 is 1.13 bits per heavy atom. The molecule has 0 radical (unpaired) electrons. The molecule has 9 heteroatoms. The highest BCUT2D eigenvalue weighted by Gasteiger charge is 2.39. The molecular formula is C29H40N6O3. The number of aliphatic hydroxyl groups excluding tert-OH is 1. The highest BCUT2D eigenvalue weighted by atomic mass is 16.5. The summed E-state index contributed by atoms with van der Waals surface area (Å²) in [5, 5.41) is 25.6. The molecule has 9 nitrogen and oxygen atoms in total. The number of anilines is 2. The number of unbranched alkanes of at least 4 members (excludes halogenated alkanes) is 1. The summed E-state index contributed by atoms with van der Waals surface area (Å²) in [6.45, 7) is 6.82. The Hall–Kier alpha value is -3.40. The van der Waals surface area contributed by atoms with Crippen molar-refractivity contribution in [1.82, 2.24) is 19.9 Å². The van der Waals surface area contributed by atoms with Gasteiger partial charge in [0.15, 0.2) is 5.82 Å². The maximum Gasteiger partial charge on any atom is 0.222 e. The Kier molecular flexibility index (Phi) is 9.04. The van der Waals surface area contributed by atoms with Gasteiger partial charge in [0.25, 0.3) is 0 Å². The Morgan fingerprint density at radius 3 is 2.61 bits per heavy atom. The molecule has 0 atom stereocenters. The van der Waals surface area contributed by atoms with Crippen LogP contribution in [0.15, 0.2) is 42.5 Å². The smallest absolute Gasteiger partial charge is 0.222 e. The largest absolute Gasteiger partial charge is 0.496 e. The van der Waals surface area contributed by atoms with Crippen LogP contribution in [0.2, 0.25) is 0 Å². The monoisotopic (exact) mass is 520 g/mol. The van der Waals surface area contributed by atoms with E-state index in [1.165, 1.54) is 0 Å². The maximum atomic E-state index is 10.1. The van der Waals surface area contributed by atoms with E-state index in [1.807, 2.05) is 18.2 Å². The van der Waals surface area contributed by atoms with Crippen LogP contribution in [0, 0.1) is 0 Å². The first-order valence-electron chi connectivity index (χ1n) is 13.4. The van der Waals surface area contributed by atoms with Gasteiger partial charge in [-0.15, -0.1) is 0 Å². The van der Waals surface area contributed by atoms with Gasteiger partial charge in [-0.3, -0.25) is 0 Å². The van der Waals surface area contributed by atoms with Crippen LogP contribution in [0.1, 0.15) is 50.7 Å². The van der Waals surface area contributed by atoms with E-state index in [-0.39, 0.29) is 12.6 Å². The summed E-state index contributed by atoms with van der Waals surface area (Å²) < 4.78 is 7.98. The van der Waals surface area contributed by atoms with Crippen LogP contribution in [0.3, 0.4) is 0 Å². The number of hydrogen-bond acceptors (Lipinski definition) is 8. The van der Waals surface area contributed by atoms with Crippen molar-refractivity contribution < 1.29 is 14.9 Å². The fourth-order valence-corrected chi connectivity index (χ4v) is 4.61. The summed E-state index contributed by atoms with van der Waals surface area (Å²) >= 11 is 0. The number of para-hydroxylation sites is 1. The van der Waals surface area contributed by atoms with Gasteiger partial charge in [0.1, 0.15) is 16.8 Å². The average Bonchev–Trinajstić information content (AvgIpc) is 3.56. The molecule has 204 valence electrons. The lowest BCUT2D eigenvalue weighted by molar-refractivity contribution is 0.147. The molecule has 6 N–H and O–H groups in total. The molecule has 2 aromatic carbocycles. The number of aromatic nitrogens is 3. The first-order valence-corrected chi connectivity index (χ1v) is 13.4. The van der Waals surface area contributed by atoms with E-state index >= 15 is 0 Å². The second-order valence-electron chi connectivity index (χ2n) is 9.80.